The van der Waals surface area contributed by atoms with Crippen LogP contribution in [0.4, 0.5) is 5.69 Å². The van der Waals surface area contributed by atoms with Gasteiger partial charge in [0.15, 0.2) is 0 Å². The average molecular weight is 274 g/mol. The minimum Gasteiger partial charge on any atom is -0.478 e. The van der Waals surface area contributed by atoms with Crippen molar-refractivity contribution in [2.24, 2.45) is 0 Å². The zero-order valence-electron chi connectivity index (χ0n) is 11.4. The molecular weight excluding hydrogens is 260 g/mol. The van der Waals surface area contributed by atoms with E-state index in [0.717, 1.165) is 5.56 Å². The number of hydrogen-bond donors (Lipinski definition) is 2. The molecule has 6 nitrogen and oxygen atoms in total. The van der Waals surface area contributed by atoms with Gasteiger partial charge in [-0.25, -0.2) is 4.79 Å². The molecule has 1 heterocycles. The fourth-order valence-electron chi connectivity index (χ4n) is 1.88. The average Bonchev–Trinajstić information content (AvgIpc) is 2.71. The normalized spacial score (nSPS) is 10.3. The van der Waals surface area contributed by atoms with Gasteiger partial charge in [-0.05, 0) is 38.5 Å². The number of carboxylic acids is 1. The molecule has 0 aliphatic carbocycles. The molecule has 2 rings (SSSR count). The number of carboxylic acid groups (broad SMARTS) is 1. The number of aryl methyl sites for hydroxylation is 3. The highest BCUT2D eigenvalue weighted by Crippen LogP contribution is 2.20. The molecule has 2 aromatic rings. The van der Waals surface area contributed by atoms with E-state index in [4.69, 9.17) is 9.63 Å². The van der Waals surface area contributed by atoms with Crippen LogP contribution in [0.5, 0.6) is 0 Å². The summed E-state index contributed by atoms with van der Waals surface area (Å²) in [5, 5.41) is 15.4. The van der Waals surface area contributed by atoms with Crippen LogP contribution >= 0.6 is 0 Å². The fraction of sp³-hybridized carbons (Fsp3) is 0.214. The van der Waals surface area contributed by atoms with Gasteiger partial charge in [0.05, 0.1) is 11.3 Å². The second kappa shape index (κ2) is 5.16. The highest BCUT2D eigenvalue weighted by atomic mass is 16.5. The molecule has 1 aromatic heterocycles. The molecular formula is C14H14N2O4. The topological polar surface area (TPSA) is 92.4 Å². The van der Waals surface area contributed by atoms with E-state index in [1.165, 1.54) is 12.1 Å². The summed E-state index contributed by atoms with van der Waals surface area (Å²) in [5.74, 6) is -0.989. The van der Waals surface area contributed by atoms with Crippen LogP contribution in [-0.2, 0) is 0 Å². The first-order chi connectivity index (χ1) is 9.40. The molecule has 0 unspecified atom stereocenters. The molecule has 0 bridgehead atoms. The van der Waals surface area contributed by atoms with Crippen molar-refractivity contribution in [2.45, 2.75) is 20.8 Å². The Labute approximate surface area is 115 Å². The maximum atomic E-state index is 12.2. The number of carbonyl (C=O) groups is 2. The number of carbonyl (C=O) groups excluding carboxylic acids is 1. The number of benzene rings is 1. The van der Waals surface area contributed by atoms with Crippen LogP contribution in [0.25, 0.3) is 0 Å². The van der Waals surface area contributed by atoms with Crippen LogP contribution in [0.3, 0.4) is 0 Å². The van der Waals surface area contributed by atoms with Crippen molar-refractivity contribution in [3.05, 3.63) is 46.3 Å². The molecule has 0 saturated heterocycles. The summed E-state index contributed by atoms with van der Waals surface area (Å²) < 4.78 is 4.94. The lowest BCUT2D eigenvalue weighted by molar-refractivity contribution is 0.0696. The molecule has 0 atom stereocenters. The van der Waals surface area contributed by atoms with Gasteiger partial charge in [0.25, 0.3) is 5.91 Å². The van der Waals surface area contributed by atoms with Gasteiger partial charge in [0.1, 0.15) is 11.3 Å². The monoisotopic (exact) mass is 274 g/mol. The number of aromatic carboxylic acids is 1. The Kier molecular flexibility index (Phi) is 3.56. The van der Waals surface area contributed by atoms with Crippen LogP contribution in [0.2, 0.25) is 0 Å². The minimum absolute atomic E-state index is 0.115. The number of nitrogens with one attached hydrogen (secondary N) is 1. The number of anilines is 1. The molecule has 0 fully saturated rings. The number of nitrogens with zero attached hydrogens (tertiary/aromatic N) is 1. The summed E-state index contributed by atoms with van der Waals surface area (Å²) in [7, 11) is 0. The van der Waals surface area contributed by atoms with Gasteiger partial charge in [-0.15, -0.1) is 0 Å². The molecule has 0 aliphatic heterocycles. The molecule has 104 valence electrons. The Morgan fingerprint density at radius 3 is 2.50 bits per heavy atom. The van der Waals surface area contributed by atoms with Crippen molar-refractivity contribution in [1.29, 1.82) is 0 Å². The van der Waals surface area contributed by atoms with Gasteiger partial charge < -0.3 is 14.9 Å². The largest absolute Gasteiger partial charge is 0.478 e. The molecule has 0 aliphatic rings. The Bertz CT molecular complexity index is 669. The Balaban J connectivity index is 2.33. The van der Waals surface area contributed by atoms with Crippen LogP contribution in [0.1, 0.15) is 37.7 Å². The minimum atomic E-state index is -1.04. The Morgan fingerprint density at radius 2 is 1.95 bits per heavy atom. The highest BCUT2D eigenvalue weighted by molar-refractivity contribution is 6.06. The predicted molar refractivity (Wildman–Crippen MR) is 72.1 cm³/mol. The lowest BCUT2D eigenvalue weighted by atomic mass is 10.1. The zero-order chi connectivity index (χ0) is 14.9. The fourth-order valence-corrected chi connectivity index (χ4v) is 1.88. The van der Waals surface area contributed by atoms with Crippen LogP contribution < -0.4 is 5.32 Å². The highest BCUT2D eigenvalue weighted by Gasteiger charge is 2.18. The SMILES string of the molecule is Cc1ccc(C(=O)O)cc1NC(=O)c1c(C)noc1C. The third-order valence-electron chi connectivity index (χ3n) is 2.99. The summed E-state index contributed by atoms with van der Waals surface area (Å²) in [6.45, 7) is 5.11. The molecule has 2 N–H and O–H groups in total. The van der Waals surface area contributed by atoms with Crippen molar-refractivity contribution in [1.82, 2.24) is 5.16 Å². The smallest absolute Gasteiger partial charge is 0.335 e. The zero-order valence-corrected chi connectivity index (χ0v) is 11.4. The van der Waals surface area contributed by atoms with Crippen molar-refractivity contribution in [3.8, 4) is 0 Å². The molecule has 1 amide bonds. The van der Waals surface area contributed by atoms with E-state index in [2.05, 4.69) is 10.5 Å². The number of aromatic nitrogens is 1. The first-order valence-electron chi connectivity index (χ1n) is 5.98. The number of hydrogen-bond acceptors (Lipinski definition) is 4. The molecule has 0 spiro atoms. The van der Waals surface area contributed by atoms with Gasteiger partial charge in [0, 0.05) is 5.69 Å². The molecule has 1 aromatic carbocycles. The summed E-state index contributed by atoms with van der Waals surface area (Å²) in [5.41, 5.74) is 2.20. The van der Waals surface area contributed by atoms with E-state index in [-0.39, 0.29) is 11.5 Å². The van der Waals surface area contributed by atoms with Crippen LogP contribution in [0, 0.1) is 20.8 Å². The van der Waals surface area contributed by atoms with E-state index in [1.807, 2.05) is 0 Å². The van der Waals surface area contributed by atoms with E-state index in [9.17, 15) is 9.59 Å². The van der Waals surface area contributed by atoms with Gasteiger partial charge in [-0.2, -0.15) is 0 Å². The summed E-state index contributed by atoms with van der Waals surface area (Å²) in [6, 6.07) is 4.56. The maximum absolute atomic E-state index is 12.2. The summed E-state index contributed by atoms with van der Waals surface area (Å²) in [4.78, 5) is 23.1. The second-order valence-corrected chi connectivity index (χ2v) is 4.49. The summed E-state index contributed by atoms with van der Waals surface area (Å²) in [6.07, 6.45) is 0. The van der Waals surface area contributed by atoms with Crippen molar-refractivity contribution < 1.29 is 19.2 Å². The molecule has 0 radical (unpaired) electrons. The van der Waals surface area contributed by atoms with E-state index in [1.54, 1.807) is 26.8 Å². The van der Waals surface area contributed by atoms with Crippen molar-refractivity contribution >= 4 is 17.6 Å². The Morgan fingerprint density at radius 1 is 1.25 bits per heavy atom. The van der Waals surface area contributed by atoms with Gasteiger partial charge in [-0.1, -0.05) is 11.2 Å². The third-order valence-corrected chi connectivity index (χ3v) is 2.99. The van der Waals surface area contributed by atoms with Crippen LogP contribution in [0.15, 0.2) is 22.7 Å². The molecule has 20 heavy (non-hydrogen) atoms. The first-order valence-corrected chi connectivity index (χ1v) is 5.98. The van der Waals surface area contributed by atoms with Crippen LogP contribution in [-0.4, -0.2) is 22.1 Å². The van der Waals surface area contributed by atoms with Gasteiger partial charge in [-0.3, -0.25) is 4.79 Å². The van der Waals surface area contributed by atoms with Crippen molar-refractivity contribution in [2.75, 3.05) is 5.32 Å². The van der Waals surface area contributed by atoms with E-state index < -0.39 is 5.97 Å². The Hall–Kier alpha value is -2.63. The van der Waals surface area contributed by atoms with E-state index in [0.29, 0.717) is 22.7 Å². The second-order valence-electron chi connectivity index (χ2n) is 4.49. The quantitative estimate of drug-likeness (QED) is 0.897. The molecule has 6 heteroatoms. The standard InChI is InChI=1S/C14H14N2O4/c1-7-4-5-10(14(18)19)6-11(7)15-13(17)12-8(2)16-20-9(12)3/h4-6H,1-3H3,(H,15,17)(H,18,19). The van der Waals surface area contributed by atoms with Gasteiger partial charge >= 0.3 is 5.97 Å². The molecule has 0 saturated carbocycles. The first kappa shape index (κ1) is 13.8. The van der Waals surface area contributed by atoms with E-state index >= 15 is 0 Å². The lowest BCUT2D eigenvalue weighted by Crippen LogP contribution is -2.15. The summed E-state index contributed by atoms with van der Waals surface area (Å²) >= 11 is 0. The van der Waals surface area contributed by atoms with Crippen molar-refractivity contribution in [3.63, 3.8) is 0 Å². The predicted octanol–water partition coefficient (Wildman–Crippen LogP) is 2.55. The lowest BCUT2D eigenvalue weighted by Gasteiger charge is -2.09. The maximum Gasteiger partial charge on any atom is 0.335 e. The van der Waals surface area contributed by atoms with Gasteiger partial charge in [0.2, 0.25) is 0 Å². The number of amides is 1. The number of rotatable bonds is 3. The third kappa shape index (κ3) is 2.54.